The molecule has 0 saturated heterocycles. The minimum absolute atomic E-state index is 0.359. The third-order valence-electron chi connectivity index (χ3n) is 3.17. The van der Waals surface area contributed by atoms with Gasteiger partial charge in [-0.05, 0) is 31.0 Å². The van der Waals surface area contributed by atoms with E-state index in [-0.39, 0.29) is 5.54 Å². The monoisotopic (exact) mass is 230 g/mol. The van der Waals surface area contributed by atoms with Gasteiger partial charge in [-0.1, -0.05) is 0 Å². The minimum atomic E-state index is -0.359. The second-order valence-electron chi connectivity index (χ2n) is 4.47. The first-order chi connectivity index (χ1) is 8.12. The summed E-state index contributed by atoms with van der Waals surface area (Å²) in [5, 5.41) is 0.803. The molecule has 0 spiro atoms. The Morgan fingerprint density at radius 3 is 2.71 bits per heavy atom. The Labute approximate surface area is 98.8 Å². The first-order valence-electron chi connectivity index (χ1n) is 5.53. The van der Waals surface area contributed by atoms with Gasteiger partial charge in [0.2, 0.25) is 0 Å². The number of benzene rings is 1. The topological polar surface area (TPSA) is 87.0 Å². The first kappa shape index (κ1) is 10.3. The summed E-state index contributed by atoms with van der Waals surface area (Å²) in [5.74, 6) is 1.85. The molecule has 0 aliphatic heterocycles. The Morgan fingerprint density at radius 1 is 1.29 bits per heavy atom. The van der Waals surface area contributed by atoms with E-state index in [1.165, 1.54) is 0 Å². The van der Waals surface area contributed by atoms with Gasteiger partial charge in [0.1, 0.15) is 11.6 Å². The van der Waals surface area contributed by atoms with Crippen LogP contribution in [0.4, 0.5) is 5.82 Å². The molecule has 1 aliphatic rings. The van der Waals surface area contributed by atoms with Crippen molar-refractivity contribution in [2.75, 3.05) is 12.8 Å². The maximum Gasteiger partial charge on any atom is 0.151 e. The van der Waals surface area contributed by atoms with Crippen molar-refractivity contribution in [1.82, 2.24) is 9.97 Å². The zero-order valence-electron chi connectivity index (χ0n) is 9.60. The minimum Gasteiger partial charge on any atom is -0.497 e. The standard InChI is InChI=1S/C12H14N4O/c1-17-7-2-3-9-8(6-7)10(13)16-11(15-9)12(14)4-5-12/h2-3,6H,4-5,14H2,1H3,(H2,13,15,16). The molecule has 5 nitrogen and oxygen atoms in total. The van der Waals surface area contributed by atoms with Gasteiger partial charge in [0.25, 0.3) is 0 Å². The van der Waals surface area contributed by atoms with E-state index in [1.54, 1.807) is 7.11 Å². The molecule has 0 atom stereocenters. The normalized spacial score (nSPS) is 17.1. The van der Waals surface area contributed by atoms with Crippen LogP contribution in [0.1, 0.15) is 18.7 Å². The molecule has 0 bridgehead atoms. The van der Waals surface area contributed by atoms with Crippen molar-refractivity contribution in [3.63, 3.8) is 0 Å². The second-order valence-corrected chi connectivity index (χ2v) is 4.47. The number of hydrogen-bond acceptors (Lipinski definition) is 5. The van der Waals surface area contributed by atoms with Crippen molar-refractivity contribution >= 4 is 16.7 Å². The molecular weight excluding hydrogens is 216 g/mol. The molecule has 1 fully saturated rings. The molecule has 88 valence electrons. The number of ether oxygens (including phenoxy) is 1. The van der Waals surface area contributed by atoms with Gasteiger partial charge in [0.15, 0.2) is 5.82 Å². The van der Waals surface area contributed by atoms with E-state index in [0.29, 0.717) is 11.6 Å². The van der Waals surface area contributed by atoms with Crippen molar-refractivity contribution in [2.24, 2.45) is 5.73 Å². The lowest BCUT2D eigenvalue weighted by Gasteiger charge is -2.10. The Hall–Kier alpha value is -1.88. The highest BCUT2D eigenvalue weighted by Crippen LogP contribution is 2.41. The summed E-state index contributed by atoms with van der Waals surface area (Å²) in [4.78, 5) is 8.77. The van der Waals surface area contributed by atoms with Gasteiger partial charge in [-0.3, -0.25) is 0 Å². The van der Waals surface area contributed by atoms with Crippen LogP contribution in [0, 0.1) is 0 Å². The smallest absolute Gasteiger partial charge is 0.151 e. The van der Waals surface area contributed by atoms with Crippen molar-refractivity contribution < 1.29 is 4.74 Å². The fourth-order valence-electron chi connectivity index (χ4n) is 1.84. The summed E-state index contributed by atoms with van der Waals surface area (Å²) >= 11 is 0. The number of aromatic nitrogens is 2. The van der Waals surface area contributed by atoms with Crippen LogP contribution >= 0.6 is 0 Å². The van der Waals surface area contributed by atoms with Gasteiger partial charge in [-0.25, -0.2) is 9.97 Å². The van der Waals surface area contributed by atoms with E-state index in [4.69, 9.17) is 16.2 Å². The van der Waals surface area contributed by atoms with E-state index >= 15 is 0 Å². The number of nitrogens with zero attached hydrogens (tertiary/aromatic N) is 2. The molecule has 2 aromatic rings. The fraction of sp³-hybridized carbons (Fsp3) is 0.333. The van der Waals surface area contributed by atoms with Crippen molar-refractivity contribution in [3.05, 3.63) is 24.0 Å². The number of fused-ring (bicyclic) bond motifs is 1. The summed E-state index contributed by atoms with van der Waals surface area (Å²) in [6.45, 7) is 0. The maximum absolute atomic E-state index is 6.08. The fourth-order valence-corrected chi connectivity index (χ4v) is 1.84. The first-order valence-corrected chi connectivity index (χ1v) is 5.53. The van der Waals surface area contributed by atoms with Crippen LogP contribution in [0.25, 0.3) is 10.9 Å². The molecule has 1 saturated carbocycles. The molecule has 0 amide bonds. The Kier molecular flexibility index (Phi) is 2.00. The van der Waals surface area contributed by atoms with Crippen LogP contribution < -0.4 is 16.2 Å². The van der Waals surface area contributed by atoms with Crippen molar-refractivity contribution in [2.45, 2.75) is 18.4 Å². The van der Waals surface area contributed by atoms with Crippen molar-refractivity contribution in [3.8, 4) is 5.75 Å². The van der Waals surface area contributed by atoms with Gasteiger partial charge in [0.05, 0.1) is 18.2 Å². The average molecular weight is 230 g/mol. The average Bonchev–Trinajstić information content (AvgIpc) is 3.08. The van der Waals surface area contributed by atoms with E-state index in [9.17, 15) is 0 Å². The SMILES string of the molecule is COc1ccc2nc(C3(N)CC3)nc(N)c2c1. The summed E-state index contributed by atoms with van der Waals surface area (Å²) in [6, 6.07) is 5.57. The maximum atomic E-state index is 6.08. The molecule has 1 aromatic heterocycles. The lowest BCUT2D eigenvalue weighted by molar-refractivity contribution is 0.415. The Bertz CT molecular complexity index is 592. The highest BCUT2D eigenvalue weighted by Gasteiger charge is 2.43. The second kappa shape index (κ2) is 3.30. The quantitative estimate of drug-likeness (QED) is 0.808. The number of nitrogen functional groups attached to an aromatic ring is 1. The third kappa shape index (κ3) is 1.59. The van der Waals surface area contributed by atoms with Crippen LogP contribution in [0.15, 0.2) is 18.2 Å². The lowest BCUT2D eigenvalue weighted by Crippen LogP contribution is -2.22. The van der Waals surface area contributed by atoms with Gasteiger partial charge in [-0.15, -0.1) is 0 Å². The molecule has 4 N–H and O–H groups in total. The number of anilines is 1. The summed E-state index contributed by atoms with van der Waals surface area (Å²) in [6.07, 6.45) is 1.85. The Balaban J connectivity index is 2.20. The molecular formula is C12H14N4O. The lowest BCUT2D eigenvalue weighted by atomic mass is 10.2. The predicted octanol–water partition coefficient (Wildman–Crippen LogP) is 1.17. The van der Waals surface area contributed by atoms with Gasteiger partial charge < -0.3 is 16.2 Å². The summed E-state index contributed by atoms with van der Waals surface area (Å²) in [5.41, 5.74) is 12.5. The van der Waals surface area contributed by atoms with Gasteiger partial charge in [0, 0.05) is 5.39 Å². The van der Waals surface area contributed by atoms with Crippen LogP contribution in [0.5, 0.6) is 5.75 Å². The van der Waals surface area contributed by atoms with Crippen LogP contribution in [-0.4, -0.2) is 17.1 Å². The molecule has 0 radical (unpaired) electrons. The molecule has 1 aromatic carbocycles. The van der Waals surface area contributed by atoms with E-state index in [1.807, 2.05) is 18.2 Å². The molecule has 1 aliphatic carbocycles. The highest BCUT2D eigenvalue weighted by molar-refractivity contribution is 5.89. The van der Waals surface area contributed by atoms with E-state index in [2.05, 4.69) is 9.97 Å². The largest absolute Gasteiger partial charge is 0.497 e. The van der Waals surface area contributed by atoms with Crippen LogP contribution in [0.2, 0.25) is 0 Å². The molecule has 17 heavy (non-hydrogen) atoms. The number of methoxy groups -OCH3 is 1. The third-order valence-corrected chi connectivity index (χ3v) is 3.17. The zero-order valence-corrected chi connectivity index (χ0v) is 9.60. The molecule has 0 unspecified atom stereocenters. The summed E-state index contributed by atoms with van der Waals surface area (Å²) < 4.78 is 5.15. The van der Waals surface area contributed by atoms with Crippen LogP contribution in [0.3, 0.4) is 0 Å². The Morgan fingerprint density at radius 2 is 2.06 bits per heavy atom. The number of rotatable bonds is 2. The molecule has 1 heterocycles. The van der Waals surface area contributed by atoms with Crippen LogP contribution in [-0.2, 0) is 5.54 Å². The summed E-state index contributed by atoms with van der Waals surface area (Å²) in [7, 11) is 1.62. The highest BCUT2D eigenvalue weighted by atomic mass is 16.5. The number of hydrogen-bond donors (Lipinski definition) is 2. The number of nitrogens with two attached hydrogens (primary N) is 2. The molecule has 5 heteroatoms. The predicted molar refractivity (Wildman–Crippen MR) is 65.6 cm³/mol. The van der Waals surface area contributed by atoms with Crippen molar-refractivity contribution in [1.29, 1.82) is 0 Å². The van der Waals surface area contributed by atoms with Gasteiger partial charge >= 0.3 is 0 Å². The zero-order chi connectivity index (χ0) is 12.0. The van der Waals surface area contributed by atoms with Gasteiger partial charge in [-0.2, -0.15) is 0 Å². The van der Waals surface area contributed by atoms with E-state index in [0.717, 1.165) is 29.5 Å². The van der Waals surface area contributed by atoms with E-state index < -0.39 is 0 Å². The molecule has 3 rings (SSSR count).